The molecule has 2 aliphatic heterocycles. The van der Waals surface area contributed by atoms with Gasteiger partial charge in [0.15, 0.2) is 0 Å². The van der Waals surface area contributed by atoms with E-state index in [-0.39, 0.29) is 11.2 Å². The molecular weight excluding hydrogens is 420 g/mol. The van der Waals surface area contributed by atoms with Crippen LogP contribution in [-0.4, -0.2) is 21.2 Å². The first kappa shape index (κ1) is 20.0. The summed E-state index contributed by atoms with van der Waals surface area (Å²) in [6, 6.07) is 16.9. The molecule has 4 nitrogen and oxygen atoms in total. The maximum Gasteiger partial charge on any atom is 0.133 e. The Morgan fingerprint density at radius 1 is 0.559 bits per heavy atom. The summed E-state index contributed by atoms with van der Waals surface area (Å²) >= 11 is 0. The third-order valence-corrected chi connectivity index (χ3v) is 7.58. The molecule has 1 aromatic heterocycles. The predicted molar refractivity (Wildman–Crippen MR) is 138 cm³/mol. The Bertz CT molecular complexity index is 1550. The Kier molecular flexibility index (Phi) is 3.88. The molecule has 0 radical (unpaired) electrons. The fourth-order valence-electron chi connectivity index (χ4n) is 5.75. The molecule has 34 heavy (non-hydrogen) atoms. The van der Waals surface area contributed by atoms with E-state index >= 15 is 0 Å². The second-order valence-electron chi connectivity index (χ2n) is 11.0. The molecule has 2 aliphatic rings. The van der Waals surface area contributed by atoms with Crippen molar-refractivity contribution in [3.8, 4) is 11.5 Å². The van der Waals surface area contributed by atoms with Crippen LogP contribution in [0.25, 0.3) is 43.6 Å². The number of hydrogen-bond donors (Lipinski definition) is 0. The van der Waals surface area contributed by atoms with Crippen LogP contribution >= 0.6 is 0 Å². The Morgan fingerprint density at radius 2 is 0.941 bits per heavy atom. The van der Waals surface area contributed by atoms with Crippen LogP contribution in [0.3, 0.4) is 0 Å². The normalized spacial score (nSPS) is 18.5. The number of rotatable bonds is 0. The van der Waals surface area contributed by atoms with Gasteiger partial charge in [0.1, 0.15) is 22.7 Å². The minimum absolute atomic E-state index is 0.192. The van der Waals surface area contributed by atoms with Gasteiger partial charge in [0.2, 0.25) is 0 Å². The summed E-state index contributed by atoms with van der Waals surface area (Å²) in [5.41, 5.74) is 5.85. The van der Waals surface area contributed by atoms with Crippen molar-refractivity contribution in [2.24, 2.45) is 0 Å². The van der Waals surface area contributed by atoms with Crippen LogP contribution < -0.4 is 9.47 Å². The lowest BCUT2D eigenvalue weighted by molar-refractivity contribution is 0.0871. The number of ether oxygens (including phenoxy) is 2. The van der Waals surface area contributed by atoms with Gasteiger partial charge in [-0.2, -0.15) is 0 Å². The van der Waals surface area contributed by atoms with Crippen molar-refractivity contribution in [2.45, 2.75) is 64.6 Å². The Hall–Kier alpha value is -3.40. The maximum absolute atomic E-state index is 6.57. The highest BCUT2D eigenvalue weighted by Crippen LogP contribution is 2.47. The summed E-state index contributed by atoms with van der Waals surface area (Å²) in [4.78, 5) is 10.7. The van der Waals surface area contributed by atoms with Crippen LogP contribution in [0.2, 0.25) is 0 Å². The van der Waals surface area contributed by atoms with Crippen molar-refractivity contribution in [3.63, 3.8) is 0 Å². The van der Waals surface area contributed by atoms with Crippen LogP contribution in [0.1, 0.15) is 51.7 Å². The van der Waals surface area contributed by atoms with Gasteiger partial charge in [0.05, 0.1) is 22.1 Å². The van der Waals surface area contributed by atoms with E-state index in [1.54, 1.807) is 0 Å². The van der Waals surface area contributed by atoms with Gasteiger partial charge in [0, 0.05) is 32.7 Å². The predicted octanol–water partition coefficient (Wildman–Crippen LogP) is 7.30. The van der Waals surface area contributed by atoms with Crippen LogP contribution in [0, 0.1) is 0 Å². The third kappa shape index (κ3) is 2.78. The summed E-state index contributed by atoms with van der Waals surface area (Å²) < 4.78 is 13.1. The molecule has 3 heterocycles. The molecule has 0 saturated carbocycles. The second-order valence-corrected chi connectivity index (χ2v) is 11.0. The van der Waals surface area contributed by atoms with Crippen molar-refractivity contribution in [1.29, 1.82) is 0 Å². The molecule has 0 spiro atoms. The molecule has 4 heteroatoms. The summed E-state index contributed by atoms with van der Waals surface area (Å²) in [7, 11) is 0. The SMILES string of the molecule is CC1(C)CCc2c(c3ccccc3c3nc4c(nc23)c2c(c3ccccc34)OC(C)(C)CC2)O1. The van der Waals surface area contributed by atoms with E-state index in [0.717, 1.165) is 80.8 Å². The molecule has 7 rings (SSSR count). The lowest BCUT2D eigenvalue weighted by Gasteiger charge is -2.35. The van der Waals surface area contributed by atoms with Crippen molar-refractivity contribution < 1.29 is 9.47 Å². The minimum Gasteiger partial charge on any atom is -0.487 e. The van der Waals surface area contributed by atoms with E-state index in [9.17, 15) is 0 Å². The van der Waals surface area contributed by atoms with Gasteiger partial charge < -0.3 is 9.47 Å². The Labute approximate surface area is 198 Å². The average molecular weight is 449 g/mol. The average Bonchev–Trinajstić information content (AvgIpc) is 2.82. The largest absolute Gasteiger partial charge is 0.487 e. The fraction of sp³-hybridized carbons (Fsp3) is 0.333. The van der Waals surface area contributed by atoms with Gasteiger partial charge >= 0.3 is 0 Å². The minimum atomic E-state index is -0.192. The van der Waals surface area contributed by atoms with Gasteiger partial charge in [-0.3, -0.25) is 0 Å². The summed E-state index contributed by atoms with van der Waals surface area (Å²) in [5, 5.41) is 4.45. The molecule has 0 atom stereocenters. The van der Waals surface area contributed by atoms with Crippen LogP contribution in [0.15, 0.2) is 48.5 Å². The molecule has 0 fully saturated rings. The molecule has 0 bridgehead atoms. The zero-order valence-electron chi connectivity index (χ0n) is 20.2. The molecule has 4 aromatic carbocycles. The van der Waals surface area contributed by atoms with Gasteiger partial charge in [-0.25, -0.2) is 9.97 Å². The van der Waals surface area contributed by atoms with Crippen LogP contribution in [0.5, 0.6) is 11.5 Å². The molecule has 0 N–H and O–H groups in total. The molecule has 0 aliphatic carbocycles. The van der Waals surface area contributed by atoms with E-state index in [1.807, 2.05) is 0 Å². The summed E-state index contributed by atoms with van der Waals surface area (Å²) in [6.07, 6.45) is 3.78. The zero-order valence-corrected chi connectivity index (χ0v) is 20.2. The van der Waals surface area contributed by atoms with Crippen molar-refractivity contribution >= 4 is 43.6 Å². The second kappa shape index (κ2) is 6.59. The smallest absolute Gasteiger partial charge is 0.133 e. The molecule has 0 saturated heterocycles. The number of hydrogen-bond acceptors (Lipinski definition) is 4. The highest BCUT2D eigenvalue weighted by Gasteiger charge is 2.33. The summed E-state index contributed by atoms with van der Waals surface area (Å²) in [6.45, 7) is 8.68. The maximum atomic E-state index is 6.57. The van der Waals surface area contributed by atoms with Crippen LogP contribution in [0.4, 0.5) is 0 Å². The van der Waals surface area contributed by atoms with Crippen LogP contribution in [-0.2, 0) is 12.8 Å². The van der Waals surface area contributed by atoms with E-state index in [2.05, 4.69) is 76.2 Å². The standard InChI is InChI=1S/C30H28N2O2/c1-29(2)15-13-21-25-23(17-9-5-7-11-19(17)27(21)33-29)31-24-18-10-6-8-12-20(18)28-22(26(24)32-25)14-16-30(3,4)34-28/h5-12H,13-16H2,1-4H3. The van der Waals surface area contributed by atoms with Crippen molar-refractivity contribution in [2.75, 3.05) is 0 Å². The lowest BCUT2D eigenvalue weighted by atomic mass is 9.89. The first-order valence-corrected chi connectivity index (χ1v) is 12.3. The van der Waals surface area contributed by atoms with Gasteiger partial charge in [0.25, 0.3) is 0 Å². The molecule has 0 unspecified atom stereocenters. The third-order valence-electron chi connectivity index (χ3n) is 7.58. The number of aromatic nitrogens is 2. The molecule has 0 amide bonds. The zero-order chi connectivity index (χ0) is 23.2. The first-order valence-electron chi connectivity index (χ1n) is 12.3. The highest BCUT2D eigenvalue weighted by atomic mass is 16.5. The van der Waals surface area contributed by atoms with Crippen molar-refractivity contribution in [1.82, 2.24) is 9.97 Å². The Balaban J connectivity index is 1.67. The fourth-order valence-corrected chi connectivity index (χ4v) is 5.75. The number of benzene rings is 4. The number of aryl methyl sites for hydroxylation is 2. The number of nitrogens with zero attached hydrogens (tertiary/aromatic N) is 2. The molecule has 170 valence electrons. The monoisotopic (exact) mass is 448 g/mol. The highest BCUT2D eigenvalue weighted by molar-refractivity contribution is 6.15. The van der Waals surface area contributed by atoms with E-state index in [4.69, 9.17) is 19.4 Å². The molecule has 5 aromatic rings. The van der Waals surface area contributed by atoms with Gasteiger partial charge in [-0.05, 0) is 53.4 Å². The van der Waals surface area contributed by atoms with Gasteiger partial charge in [-0.15, -0.1) is 0 Å². The van der Waals surface area contributed by atoms with Gasteiger partial charge in [-0.1, -0.05) is 48.5 Å². The van der Waals surface area contributed by atoms with E-state index in [0.29, 0.717) is 0 Å². The van der Waals surface area contributed by atoms with Crippen molar-refractivity contribution in [3.05, 3.63) is 59.7 Å². The first-order chi connectivity index (χ1) is 16.3. The topological polar surface area (TPSA) is 44.2 Å². The summed E-state index contributed by atoms with van der Waals surface area (Å²) in [5.74, 6) is 1.94. The van der Waals surface area contributed by atoms with E-state index in [1.165, 1.54) is 11.1 Å². The van der Waals surface area contributed by atoms with E-state index < -0.39 is 0 Å². The lowest BCUT2D eigenvalue weighted by Crippen LogP contribution is -2.33. The molecular formula is C30H28N2O2. The quantitative estimate of drug-likeness (QED) is 0.184. The number of fused-ring (bicyclic) bond motifs is 12. The Morgan fingerprint density at radius 3 is 1.38 bits per heavy atom.